The maximum atomic E-state index is 12.0. The topological polar surface area (TPSA) is 144 Å². The fourth-order valence-corrected chi connectivity index (χ4v) is 2.79. The second-order valence-electron chi connectivity index (χ2n) is 7.01. The molecule has 0 bridgehead atoms. The van der Waals surface area contributed by atoms with Crippen LogP contribution in [0.5, 0.6) is 5.75 Å². The molecule has 0 aliphatic rings. The number of carbonyl (C=O) groups excluding carboxylic acids is 2. The lowest BCUT2D eigenvalue weighted by atomic mass is 10.1. The molecule has 5 N–H and O–H groups in total. The lowest BCUT2D eigenvalue weighted by Gasteiger charge is -2.13. The fourth-order valence-electron chi connectivity index (χ4n) is 2.79. The number of nitrogens with one attached hydrogen (secondary N) is 2. The highest BCUT2D eigenvalue weighted by Gasteiger charge is 2.20. The molecule has 1 aromatic carbocycles. The monoisotopic (exact) mass is 431 g/mol. The zero-order valence-corrected chi connectivity index (χ0v) is 17.6. The Bertz CT molecular complexity index is 862. The van der Waals surface area contributed by atoms with Crippen LogP contribution in [0.1, 0.15) is 43.1 Å². The van der Waals surface area contributed by atoms with Gasteiger partial charge in [-0.25, -0.2) is 4.79 Å². The molecule has 0 spiro atoms. The second kappa shape index (κ2) is 12.4. The van der Waals surface area contributed by atoms with E-state index in [0.717, 1.165) is 16.9 Å². The number of carboxylic acids is 1. The molecule has 31 heavy (non-hydrogen) atoms. The molecule has 168 valence electrons. The van der Waals surface area contributed by atoms with E-state index in [1.54, 1.807) is 13.2 Å². The minimum Gasteiger partial charge on any atom is -0.489 e. The predicted molar refractivity (Wildman–Crippen MR) is 113 cm³/mol. The number of rotatable bonds is 13. The number of aliphatic carboxylic acids is 1. The van der Waals surface area contributed by atoms with Crippen LogP contribution in [0.2, 0.25) is 0 Å². The second-order valence-corrected chi connectivity index (χ2v) is 7.01. The molecule has 9 heteroatoms. The lowest BCUT2D eigenvalue weighted by Crippen LogP contribution is -2.41. The summed E-state index contributed by atoms with van der Waals surface area (Å²) in [7, 11) is 0. The average Bonchev–Trinajstić information content (AvgIpc) is 3.23. The summed E-state index contributed by atoms with van der Waals surface area (Å²) in [6.07, 6.45) is 2.51. The Balaban J connectivity index is 1.68. The minimum absolute atomic E-state index is 0.0214. The van der Waals surface area contributed by atoms with Crippen molar-refractivity contribution >= 4 is 17.8 Å². The molecule has 0 aliphatic carbocycles. The van der Waals surface area contributed by atoms with Crippen LogP contribution in [-0.2, 0) is 34.0 Å². The van der Waals surface area contributed by atoms with E-state index in [-0.39, 0.29) is 31.1 Å². The van der Waals surface area contributed by atoms with Gasteiger partial charge in [-0.05, 0) is 36.6 Å². The van der Waals surface area contributed by atoms with Gasteiger partial charge in [-0.3, -0.25) is 9.59 Å². The molecule has 1 aromatic heterocycles. The van der Waals surface area contributed by atoms with Gasteiger partial charge in [0.25, 0.3) is 0 Å². The smallest absolute Gasteiger partial charge is 0.326 e. The average molecular weight is 431 g/mol. The van der Waals surface area contributed by atoms with Crippen LogP contribution in [0.25, 0.3) is 0 Å². The van der Waals surface area contributed by atoms with Crippen molar-refractivity contribution in [2.24, 2.45) is 5.73 Å². The quantitative estimate of drug-likeness (QED) is 0.378. The summed E-state index contributed by atoms with van der Waals surface area (Å²) in [5.74, 6) is -0.332. The van der Waals surface area contributed by atoms with Gasteiger partial charge in [0.1, 0.15) is 24.2 Å². The SMILES string of the molecule is CCC(=O)N[C@H](CCC(=O)NCCc1ccc(OCc2coc(CN)c2)cc1)C(=O)O. The van der Waals surface area contributed by atoms with E-state index >= 15 is 0 Å². The van der Waals surface area contributed by atoms with Crippen LogP contribution in [-0.4, -0.2) is 35.5 Å². The van der Waals surface area contributed by atoms with E-state index in [1.807, 2.05) is 30.3 Å². The van der Waals surface area contributed by atoms with Gasteiger partial charge in [-0.15, -0.1) is 0 Å². The first kappa shape index (κ1) is 23.9. The summed E-state index contributed by atoms with van der Waals surface area (Å²) in [5, 5.41) is 14.3. The molecule has 1 atom stereocenters. The van der Waals surface area contributed by atoms with Crippen LogP contribution in [0.3, 0.4) is 0 Å². The molecular weight excluding hydrogens is 402 g/mol. The van der Waals surface area contributed by atoms with Crippen molar-refractivity contribution in [1.82, 2.24) is 10.6 Å². The van der Waals surface area contributed by atoms with Gasteiger partial charge in [0, 0.05) is 24.9 Å². The predicted octanol–water partition coefficient (Wildman–Crippen LogP) is 1.74. The molecule has 1 heterocycles. The van der Waals surface area contributed by atoms with Crippen molar-refractivity contribution < 1.29 is 28.6 Å². The highest BCUT2D eigenvalue weighted by Crippen LogP contribution is 2.16. The number of ether oxygens (including phenoxy) is 1. The highest BCUT2D eigenvalue weighted by molar-refractivity contribution is 5.84. The summed E-state index contributed by atoms with van der Waals surface area (Å²) in [6.45, 7) is 2.79. The molecule has 0 unspecified atom stereocenters. The van der Waals surface area contributed by atoms with Crippen molar-refractivity contribution in [1.29, 1.82) is 0 Å². The molecule has 0 aliphatic heterocycles. The summed E-state index contributed by atoms with van der Waals surface area (Å²) < 4.78 is 11.0. The van der Waals surface area contributed by atoms with Gasteiger partial charge in [0.05, 0.1) is 12.8 Å². The summed E-state index contributed by atoms with van der Waals surface area (Å²) in [5.41, 5.74) is 7.45. The summed E-state index contributed by atoms with van der Waals surface area (Å²) >= 11 is 0. The van der Waals surface area contributed by atoms with Gasteiger partial charge < -0.3 is 30.6 Å². The van der Waals surface area contributed by atoms with Crippen molar-refractivity contribution in [3.63, 3.8) is 0 Å². The number of hydrogen-bond donors (Lipinski definition) is 4. The van der Waals surface area contributed by atoms with Crippen molar-refractivity contribution in [3.05, 3.63) is 53.5 Å². The molecule has 2 rings (SSSR count). The first-order chi connectivity index (χ1) is 14.9. The van der Waals surface area contributed by atoms with E-state index in [0.29, 0.717) is 31.9 Å². The van der Waals surface area contributed by atoms with Gasteiger partial charge in [0.2, 0.25) is 11.8 Å². The lowest BCUT2D eigenvalue weighted by molar-refractivity contribution is -0.142. The van der Waals surface area contributed by atoms with Crippen LogP contribution < -0.4 is 21.1 Å². The molecule has 2 aromatic rings. The van der Waals surface area contributed by atoms with Crippen molar-refractivity contribution in [2.75, 3.05) is 6.54 Å². The van der Waals surface area contributed by atoms with Crippen molar-refractivity contribution in [2.45, 2.75) is 51.8 Å². The standard InChI is InChI=1S/C22H29N3O6/c1-2-20(26)25-19(22(28)29)7-8-21(27)24-10-9-15-3-5-17(6-4-15)30-13-16-11-18(12-23)31-14-16/h3-6,11,14,19H,2,7-10,12-13,23H2,1H3,(H,24,27)(H,25,26)(H,28,29)/t19-/m1/s1. The zero-order valence-electron chi connectivity index (χ0n) is 17.6. The third kappa shape index (κ3) is 8.51. The molecule has 0 fully saturated rings. The number of furan rings is 1. The number of hydrogen-bond acceptors (Lipinski definition) is 6. The number of carboxylic acid groups (broad SMARTS) is 1. The molecule has 0 saturated heterocycles. The Morgan fingerprint density at radius 1 is 1.16 bits per heavy atom. The Hall–Kier alpha value is -3.33. The third-order valence-electron chi connectivity index (χ3n) is 4.59. The molecule has 9 nitrogen and oxygen atoms in total. The van der Waals surface area contributed by atoms with Crippen LogP contribution >= 0.6 is 0 Å². The number of nitrogens with two attached hydrogens (primary N) is 1. The van der Waals surface area contributed by atoms with E-state index in [2.05, 4.69) is 10.6 Å². The molecule has 2 amide bonds. The number of benzene rings is 1. The first-order valence-corrected chi connectivity index (χ1v) is 10.2. The van der Waals surface area contributed by atoms with E-state index in [4.69, 9.17) is 20.0 Å². The molecule has 0 radical (unpaired) electrons. The summed E-state index contributed by atoms with van der Waals surface area (Å²) in [6, 6.07) is 8.35. The van der Waals surface area contributed by atoms with Gasteiger partial charge >= 0.3 is 5.97 Å². The maximum Gasteiger partial charge on any atom is 0.326 e. The third-order valence-corrected chi connectivity index (χ3v) is 4.59. The number of carbonyl (C=O) groups is 3. The minimum atomic E-state index is -1.15. The Labute approximate surface area is 180 Å². The molecular formula is C22H29N3O6. The Morgan fingerprint density at radius 2 is 1.90 bits per heavy atom. The van der Waals surface area contributed by atoms with Crippen LogP contribution in [0.15, 0.2) is 41.0 Å². The van der Waals surface area contributed by atoms with Gasteiger partial charge in [0.15, 0.2) is 0 Å². The van der Waals surface area contributed by atoms with E-state index in [9.17, 15) is 14.4 Å². The highest BCUT2D eigenvalue weighted by atomic mass is 16.5. The first-order valence-electron chi connectivity index (χ1n) is 10.2. The fraction of sp³-hybridized carbons (Fsp3) is 0.409. The maximum absolute atomic E-state index is 12.0. The van der Waals surface area contributed by atoms with Crippen LogP contribution in [0, 0.1) is 0 Å². The van der Waals surface area contributed by atoms with E-state index < -0.39 is 12.0 Å². The largest absolute Gasteiger partial charge is 0.489 e. The molecule has 0 saturated carbocycles. The van der Waals surface area contributed by atoms with Crippen LogP contribution in [0.4, 0.5) is 0 Å². The zero-order chi connectivity index (χ0) is 22.6. The Kier molecular flexibility index (Phi) is 9.57. The summed E-state index contributed by atoms with van der Waals surface area (Å²) in [4.78, 5) is 34.5. The Morgan fingerprint density at radius 3 is 2.52 bits per heavy atom. The number of amides is 2. The van der Waals surface area contributed by atoms with Gasteiger partial charge in [-0.1, -0.05) is 19.1 Å². The van der Waals surface area contributed by atoms with E-state index in [1.165, 1.54) is 0 Å². The van der Waals surface area contributed by atoms with Crippen molar-refractivity contribution in [3.8, 4) is 5.75 Å². The normalized spacial score (nSPS) is 11.5. The van der Waals surface area contributed by atoms with Gasteiger partial charge in [-0.2, -0.15) is 0 Å².